The van der Waals surface area contributed by atoms with Crippen molar-refractivity contribution in [2.24, 2.45) is 5.92 Å². The molecule has 2 atom stereocenters. The first-order valence-electron chi connectivity index (χ1n) is 3.98. The van der Waals surface area contributed by atoms with Gasteiger partial charge in [0.2, 0.25) is 0 Å². The average molecular weight is 156 g/mol. The van der Waals surface area contributed by atoms with Gasteiger partial charge in [-0.3, -0.25) is 0 Å². The van der Waals surface area contributed by atoms with E-state index in [1.54, 1.807) is 0 Å². The predicted molar refractivity (Wildman–Crippen MR) is 42.1 cm³/mol. The van der Waals surface area contributed by atoms with Crippen molar-refractivity contribution in [2.45, 2.75) is 31.4 Å². The lowest BCUT2D eigenvalue weighted by Crippen LogP contribution is -2.28. The van der Waals surface area contributed by atoms with Gasteiger partial charge in [-0.15, -0.1) is 0 Å². The largest absolute Gasteiger partial charge is 0.303 e. The highest BCUT2D eigenvalue weighted by molar-refractivity contribution is 5.54. The summed E-state index contributed by atoms with van der Waals surface area (Å²) >= 11 is 0. The first-order chi connectivity index (χ1) is 5.20. The average Bonchev–Trinajstić information content (AvgIpc) is 2.05. The van der Waals surface area contributed by atoms with E-state index in [9.17, 15) is 9.18 Å². The molecule has 0 amide bonds. The van der Waals surface area contributed by atoms with Crippen LogP contribution in [0.5, 0.6) is 0 Å². The van der Waals surface area contributed by atoms with Crippen LogP contribution < -0.4 is 0 Å². The second kappa shape index (κ2) is 3.16. The normalized spacial score (nSPS) is 38.1. The second-order valence-corrected chi connectivity index (χ2v) is 3.23. The number of carbonyl (C=O) groups excluding carboxylic acids is 1. The predicted octanol–water partition coefficient (Wildman–Crippen LogP) is 2.27. The Morgan fingerprint density at radius 2 is 2.36 bits per heavy atom. The lowest BCUT2D eigenvalue weighted by Gasteiger charge is -2.29. The van der Waals surface area contributed by atoms with Gasteiger partial charge in [-0.2, -0.15) is 0 Å². The number of halogens is 1. The fraction of sp³-hybridized carbons (Fsp3) is 0.667. The summed E-state index contributed by atoms with van der Waals surface area (Å²) in [6.07, 6.45) is 4.69. The molecule has 0 aliphatic heterocycles. The highest BCUT2D eigenvalue weighted by Gasteiger charge is 2.33. The molecule has 0 saturated heterocycles. The number of hydrogen-bond donors (Lipinski definition) is 0. The Bertz CT molecular complexity index is 167. The standard InChI is InChI=1S/C9H13FO/c1-2-9(10)5-3-4-8(6-9)7-11/h2,7-8H,1,3-6H2. The molecular formula is C9H13FO. The van der Waals surface area contributed by atoms with Crippen LogP contribution in [0.3, 0.4) is 0 Å². The number of allylic oxidation sites excluding steroid dienone is 1. The molecule has 0 heterocycles. The maximum atomic E-state index is 13.5. The van der Waals surface area contributed by atoms with Gasteiger partial charge >= 0.3 is 0 Å². The topological polar surface area (TPSA) is 17.1 Å². The second-order valence-electron chi connectivity index (χ2n) is 3.23. The van der Waals surface area contributed by atoms with Crippen molar-refractivity contribution in [1.29, 1.82) is 0 Å². The van der Waals surface area contributed by atoms with Crippen LogP contribution in [0.1, 0.15) is 25.7 Å². The van der Waals surface area contributed by atoms with E-state index in [1.165, 1.54) is 6.08 Å². The van der Waals surface area contributed by atoms with Crippen molar-refractivity contribution in [3.05, 3.63) is 12.7 Å². The van der Waals surface area contributed by atoms with E-state index in [2.05, 4.69) is 6.58 Å². The van der Waals surface area contributed by atoms with Gasteiger partial charge in [0, 0.05) is 5.92 Å². The van der Waals surface area contributed by atoms with Crippen molar-refractivity contribution < 1.29 is 9.18 Å². The third-order valence-corrected chi connectivity index (χ3v) is 2.33. The number of rotatable bonds is 2. The van der Waals surface area contributed by atoms with Crippen molar-refractivity contribution in [3.8, 4) is 0 Å². The number of aldehydes is 1. The zero-order chi connectivity index (χ0) is 8.32. The Hall–Kier alpha value is -0.660. The van der Waals surface area contributed by atoms with Crippen LogP contribution in [0, 0.1) is 5.92 Å². The van der Waals surface area contributed by atoms with Gasteiger partial charge in [0.15, 0.2) is 0 Å². The number of carbonyl (C=O) groups is 1. The fourth-order valence-electron chi connectivity index (χ4n) is 1.60. The molecule has 2 heteroatoms. The Balaban J connectivity index is 2.57. The minimum Gasteiger partial charge on any atom is -0.303 e. The quantitative estimate of drug-likeness (QED) is 0.442. The summed E-state index contributed by atoms with van der Waals surface area (Å²) in [6, 6.07) is 0. The molecule has 0 aromatic rings. The van der Waals surface area contributed by atoms with Crippen LogP contribution in [0.25, 0.3) is 0 Å². The monoisotopic (exact) mass is 156 g/mol. The summed E-state index contributed by atoms with van der Waals surface area (Å²) in [4.78, 5) is 10.4. The molecule has 1 nitrogen and oxygen atoms in total. The highest BCUT2D eigenvalue weighted by atomic mass is 19.1. The lowest BCUT2D eigenvalue weighted by atomic mass is 9.80. The number of alkyl halides is 1. The molecule has 1 aliphatic carbocycles. The van der Waals surface area contributed by atoms with Crippen molar-refractivity contribution in [1.82, 2.24) is 0 Å². The molecule has 0 radical (unpaired) electrons. The van der Waals surface area contributed by atoms with Crippen molar-refractivity contribution in [3.63, 3.8) is 0 Å². The molecule has 2 unspecified atom stereocenters. The molecule has 0 bridgehead atoms. The molecule has 0 aromatic carbocycles. The molecule has 0 spiro atoms. The van der Waals surface area contributed by atoms with E-state index in [1.807, 2.05) is 0 Å². The third-order valence-electron chi connectivity index (χ3n) is 2.33. The Morgan fingerprint density at radius 1 is 1.64 bits per heavy atom. The lowest BCUT2D eigenvalue weighted by molar-refractivity contribution is -0.113. The fourth-order valence-corrected chi connectivity index (χ4v) is 1.60. The van der Waals surface area contributed by atoms with Crippen LogP contribution in [-0.2, 0) is 4.79 Å². The first-order valence-corrected chi connectivity index (χ1v) is 3.98. The van der Waals surface area contributed by atoms with Gasteiger partial charge in [-0.25, -0.2) is 4.39 Å². The van der Waals surface area contributed by atoms with E-state index < -0.39 is 5.67 Å². The van der Waals surface area contributed by atoms with E-state index in [0.29, 0.717) is 12.8 Å². The van der Waals surface area contributed by atoms with Crippen LogP contribution in [0.4, 0.5) is 4.39 Å². The minimum absolute atomic E-state index is 0.0910. The molecule has 0 aromatic heterocycles. The summed E-state index contributed by atoms with van der Waals surface area (Å²) in [5, 5.41) is 0. The van der Waals surface area contributed by atoms with Gasteiger partial charge in [-0.05, 0) is 25.7 Å². The SMILES string of the molecule is C=CC1(F)CCCC(C=O)C1. The van der Waals surface area contributed by atoms with Crippen LogP contribution in [0.2, 0.25) is 0 Å². The van der Waals surface area contributed by atoms with E-state index in [-0.39, 0.29) is 5.92 Å². The molecule has 1 saturated carbocycles. The van der Waals surface area contributed by atoms with Crippen LogP contribution in [0.15, 0.2) is 12.7 Å². The van der Waals surface area contributed by atoms with E-state index in [4.69, 9.17) is 0 Å². The zero-order valence-electron chi connectivity index (χ0n) is 6.55. The molecule has 1 rings (SSSR count). The maximum Gasteiger partial charge on any atom is 0.129 e. The number of hydrogen-bond acceptors (Lipinski definition) is 1. The molecule has 11 heavy (non-hydrogen) atoms. The molecule has 0 N–H and O–H groups in total. The van der Waals surface area contributed by atoms with Crippen LogP contribution in [-0.4, -0.2) is 12.0 Å². The van der Waals surface area contributed by atoms with E-state index >= 15 is 0 Å². The molecule has 62 valence electrons. The Kier molecular flexibility index (Phi) is 2.42. The van der Waals surface area contributed by atoms with Gasteiger partial charge in [-0.1, -0.05) is 12.7 Å². The summed E-state index contributed by atoms with van der Waals surface area (Å²) in [6.45, 7) is 3.43. The van der Waals surface area contributed by atoms with E-state index in [0.717, 1.165) is 19.1 Å². The smallest absolute Gasteiger partial charge is 0.129 e. The summed E-state index contributed by atoms with van der Waals surface area (Å²) in [5.74, 6) is -0.0910. The van der Waals surface area contributed by atoms with Gasteiger partial charge < -0.3 is 4.79 Å². The third kappa shape index (κ3) is 1.88. The zero-order valence-corrected chi connectivity index (χ0v) is 6.55. The maximum absolute atomic E-state index is 13.5. The first kappa shape index (κ1) is 8.44. The Morgan fingerprint density at radius 3 is 2.91 bits per heavy atom. The van der Waals surface area contributed by atoms with Crippen LogP contribution >= 0.6 is 0 Å². The Labute approximate surface area is 66.3 Å². The summed E-state index contributed by atoms with van der Waals surface area (Å²) in [5.41, 5.74) is -1.27. The molecular weight excluding hydrogens is 143 g/mol. The van der Waals surface area contributed by atoms with Gasteiger partial charge in [0.1, 0.15) is 12.0 Å². The highest BCUT2D eigenvalue weighted by Crippen LogP contribution is 2.35. The summed E-state index contributed by atoms with van der Waals surface area (Å²) in [7, 11) is 0. The van der Waals surface area contributed by atoms with Crippen molar-refractivity contribution in [2.75, 3.05) is 0 Å². The molecule has 1 aliphatic rings. The minimum atomic E-state index is -1.27. The van der Waals surface area contributed by atoms with Gasteiger partial charge in [0.25, 0.3) is 0 Å². The summed E-state index contributed by atoms with van der Waals surface area (Å²) < 4.78 is 13.5. The van der Waals surface area contributed by atoms with Crippen molar-refractivity contribution >= 4 is 6.29 Å². The molecule has 1 fully saturated rings. The van der Waals surface area contributed by atoms with Gasteiger partial charge in [0.05, 0.1) is 0 Å².